The molecule has 1 saturated carbocycles. The molecule has 0 aromatic heterocycles. The SMILES string of the molecule is COc1ccc(C(=O)O)cc1S(=O)(=O)N(C)C1CCCCC1. The molecule has 7 heteroatoms. The molecular weight excluding hydrogens is 306 g/mol. The number of carboxylic acid groups (broad SMARTS) is 1. The lowest BCUT2D eigenvalue weighted by atomic mass is 9.96. The molecule has 1 aromatic carbocycles. The highest BCUT2D eigenvalue weighted by molar-refractivity contribution is 7.89. The van der Waals surface area contributed by atoms with E-state index in [1.165, 1.54) is 23.5 Å². The number of methoxy groups -OCH3 is 1. The summed E-state index contributed by atoms with van der Waals surface area (Å²) in [6, 6.07) is 3.83. The van der Waals surface area contributed by atoms with Gasteiger partial charge in [0.25, 0.3) is 0 Å². The van der Waals surface area contributed by atoms with Crippen LogP contribution in [-0.2, 0) is 10.0 Å². The molecule has 1 fully saturated rings. The van der Waals surface area contributed by atoms with Gasteiger partial charge in [-0.3, -0.25) is 0 Å². The molecule has 1 N–H and O–H groups in total. The van der Waals surface area contributed by atoms with Gasteiger partial charge in [-0.2, -0.15) is 4.31 Å². The van der Waals surface area contributed by atoms with Crippen LogP contribution in [0.2, 0.25) is 0 Å². The quantitative estimate of drug-likeness (QED) is 0.897. The van der Waals surface area contributed by atoms with Gasteiger partial charge in [-0.15, -0.1) is 0 Å². The molecule has 0 amide bonds. The van der Waals surface area contributed by atoms with Gasteiger partial charge in [-0.1, -0.05) is 19.3 Å². The van der Waals surface area contributed by atoms with Crippen LogP contribution in [0.25, 0.3) is 0 Å². The minimum Gasteiger partial charge on any atom is -0.495 e. The van der Waals surface area contributed by atoms with Crippen molar-refractivity contribution < 1.29 is 23.1 Å². The predicted molar refractivity (Wildman–Crippen MR) is 81.8 cm³/mol. The molecule has 0 unspecified atom stereocenters. The van der Waals surface area contributed by atoms with Gasteiger partial charge in [0.05, 0.1) is 12.7 Å². The van der Waals surface area contributed by atoms with E-state index >= 15 is 0 Å². The minimum absolute atomic E-state index is 0.0445. The van der Waals surface area contributed by atoms with Crippen molar-refractivity contribution in [2.45, 2.75) is 43.0 Å². The van der Waals surface area contributed by atoms with Gasteiger partial charge < -0.3 is 9.84 Å². The Bertz CT molecular complexity index is 650. The molecule has 1 aliphatic rings. The maximum absolute atomic E-state index is 12.8. The molecule has 0 heterocycles. The predicted octanol–water partition coefficient (Wildman–Crippen LogP) is 2.35. The van der Waals surface area contributed by atoms with Crippen LogP contribution < -0.4 is 4.74 Å². The average molecular weight is 327 g/mol. The van der Waals surface area contributed by atoms with Crippen molar-refractivity contribution in [1.82, 2.24) is 4.31 Å². The van der Waals surface area contributed by atoms with E-state index in [1.54, 1.807) is 7.05 Å². The van der Waals surface area contributed by atoms with Crippen LogP contribution in [0.3, 0.4) is 0 Å². The van der Waals surface area contributed by atoms with Crippen molar-refractivity contribution >= 4 is 16.0 Å². The van der Waals surface area contributed by atoms with E-state index in [0.717, 1.165) is 38.2 Å². The summed E-state index contributed by atoms with van der Waals surface area (Å²) in [7, 11) is -0.868. The number of ether oxygens (including phenoxy) is 1. The third kappa shape index (κ3) is 3.25. The lowest BCUT2D eigenvalue weighted by Crippen LogP contribution is -2.38. The number of sulfonamides is 1. The molecule has 0 atom stereocenters. The first-order chi connectivity index (χ1) is 10.4. The molecular formula is C15H21NO5S. The maximum atomic E-state index is 12.8. The third-order valence-electron chi connectivity index (χ3n) is 4.16. The van der Waals surface area contributed by atoms with Crippen molar-refractivity contribution in [3.63, 3.8) is 0 Å². The fraction of sp³-hybridized carbons (Fsp3) is 0.533. The first kappa shape index (κ1) is 16.8. The number of benzene rings is 1. The molecule has 0 bridgehead atoms. The van der Waals surface area contributed by atoms with Gasteiger partial charge in [-0.25, -0.2) is 13.2 Å². The fourth-order valence-corrected chi connectivity index (χ4v) is 4.40. The lowest BCUT2D eigenvalue weighted by molar-refractivity contribution is 0.0696. The molecule has 22 heavy (non-hydrogen) atoms. The standard InChI is InChI=1S/C15H21NO5S/c1-16(12-6-4-3-5-7-12)22(19,20)14-10-11(15(17)18)8-9-13(14)21-2/h8-10,12H,3-7H2,1-2H3,(H,17,18). The second-order valence-electron chi connectivity index (χ2n) is 5.48. The Morgan fingerprint density at radius 2 is 1.91 bits per heavy atom. The Morgan fingerprint density at radius 3 is 2.45 bits per heavy atom. The summed E-state index contributed by atoms with van der Waals surface area (Å²) in [6.07, 6.45) is 4.81. The molecule has 0 spiro atoms. The second kappa shape index (κ2) is 6.66. The van der Waals surface area contributed by atoms with Crippen molar-refractivity contribution in [2.75, 3.05) is 14.2 Å². The number of aromatic carboxylic acids is 1. The Morgan fingerprint density at radius 1 is 1.27 bits per heavy atom. The van der Waals surface area contributed by atoms with Gasteiger partial charge in [-0.05, 0) is 31.0 Å². The molecule has 122 valence electrons. The van der Waals surface area contributed by atoms with Crippen molar-refractivity contribution in [2.24, 2.45) is 0 Å². The zero-order valence-corrected chi connectivity index (χ0v) is 13.6. The molecule has 0 saturated heterocycles. The summed E-state index contributed by atoms with van der Waals surface area (Å²) < 4.78 is 32.1. The van der Waals surface area contributed by atoms with Crippen LogP contribution in [0, 0.1) is 0 Å². The molecule has 1 aromatic rings. The van der Waals surface area contributed by atoms with Crippen molar-refractivity contribution in [3.8, 4) is 5.75 Å². The minimum atomic E-state index is -3.79. The summed E-state index contributed by atoms with van der Waals surface area (Å²) in [4.78, 5) is 11.0. The highest BCUT2D eigenvalue weighted by atomic mass is 32.2. The lowest BCUT2D eigenvalue weighted by Gasteiger charge is -2.30. The highest BCUT2D eigenvalue weighted by Gasteiger charge is 2.31. The highest BCUT2D eigenvalue weighted by Crippen LogP contribution is 2.31. The number of carboxylic acids is 1. The maximum Gasteiger partial charge on any atom is 0.335 e. The fourth-order valence-electron chi connectivity index (χ4n) is 2.81. The largest absolute Gasteiger partial charge is 0.495 e. The van der Waals surface area contributed by atoms with E-state index in [1.807, 2.05) is 0 Å². The molecule has 0 radical (unpaired) electrons. The summed E-state index contributed by atoms with van der Waals surface area (Å²) in [5, 5.41) is 9.08. The van der Waals surface area contributed by atoms with Gasteiger partial charge in [0.15, 0.2) is 0 Å². The van der Waals surface area contributed by atoms with E-state index in [9.17, 15) is 13.2 Å². The number of hydrogen-bond donors (Lipinski definition) is 1. The van der Waals surface area contributed by atoms with Crippen LogP contribution in [0.1, 0.15) is 42.5 Å². The zero-order valence-electron chi connectivity index (χ0n) is 12.8. The second-order valence-corrected chi connectivity index (χ2v) is 7.45. The Balaban J connectivity index is 2.42. The smallest absolute Gasteiger partial charge is 0.335 e. The monoisotopic (exact) mass is 327 g/mol. The van der Waals surface area contributed by atoms with E-state index < -0.39 is 16.0 Å². The normalized spacial score (nSPS) is 16.7. The Labute approximate surface area is 130 Å². The first-order valence-electron chi connectivity index (χ1n) is 7.27. The Hall–Kier alpha value is -1.60. The topological polar surface area (TPSA) is 83.9 Å². The van der Waals surface area contributed by atoms with Crippen LogP contribution in [-0.4, -0.2) is 44.0 Å². The van der Waals surface area contributed by atoms with Gasteiger partial charge in [0, 0.05) is 13.1 Å². The van der Waals surface area contributed by atoms with E-state index in [0.29, 0.717) is 0 Å². The molecule has 0 aliphatic heterocycles. The van der Waals surface area contributed by atoms with E-state index in [-0.39, 0.29) is 22.3 Å². The van der Waals surface area contributed by atoms with Crippen LogP contribution in [0.15, 0.2) is 23.1 Å². The van der Waals surface area contributed by atoms with Crippen LogP contribution >= 0.6 is 0 Å². The van der Waals surface area contributed by atoms with Crippen molar-refractivity contribution in [1.29, 1.82) is 0 Å². The number of rotatable bonds is 5. The Kier molecular flexibility index (Phi) is 5.08. The average Bonchev–Trinajstić information content (AvgIpc) is 2.54. The summed E-state index contributed by atoms with van der Waals surface area (Å²) in [6.45, 7) is 0. The van der Waals surface area contributed by atoms with Gasteiger partial charge >= 0.3 is 5.97 Å². The van der Waals surface area contributed by atoms with E-state index in [4.69, 9.17) is 9.84 Å². The molecule has 2 rings (SSSR count). The van der Waals surface area contributed by atoms with Crippen LogP contribution in [0.5, 0.6) is 5.75 Å². The number of carbonyl (C=O) groups is 1. The van der Waals surface area contributed by atoms with Gasteiger partial charge in [0.1, 0.15) is 10.6 Å². The molecule has 6 nitrogen and oxygen atoms in total. The van der Waals surface area contributed by atoms with Crippen molar-refractivity contribution in [3.05, 3.63) is 23.8 Å². The number of nitrogens with zero attached hydrogens (tertiary/aromatic N) is 1. The molecule has 1 aliphatic carbocycles. The van der Waals surface area contributed by atoms with E-state index in [2.05, 4.69) is 0 Å². The van der Waals surface area contributed by atoms with Crippen LogP contribution in [0.4, 0.5) is 0 Å². The summed E-state index contributed by atoms with van der Waals surface area (Å²) >= 11 is 0. The first-order valence-corrected chi connectivity index (χ1v) is 8.71. The zero-order chi connectivity index (χ0) is 16.3. The third-order valence-corrected chi connectivity index (χ3v) is 6.09. The van der Waals surface area contributed by atoms with Gasteiger partial charge in [0.2, 0.25) is 10.0 Å². The number of hydrogen-bond acceptors (Lipinski definition) is 4. The summed E-state index contributed by atoms with van der Waals surface area (Å²) in [5.41, 5.74) is -0.0728. The summed E-state index contributed by atoms with van der Waals surface area (Å²) in [5.74, 6) is -1.01.